The normalized spacial score (nSPS) is 14.8. The van der Waals surface area contributed by atoms with Gasteiger partial charge in [-0.25, -0.2) is 4.79 Å². The summed E-state index contributed by atoms with van der Waals surface area (Å²) in [7, 11) is 1.36. The van der Waals surface area contributed by atoms with Crippen molar-refractivity contribution < 1.29 is 14.3 Å². The fourth-order valence-corrected chi connectivity index (χ4v) is 1.76. The maximum absolute atomic E-state index is 11.2. The van der Waals surface area contributed by atoms with Crippen molar-refractivity contribution in [1.82, 2.24) is 0 Å². The van der Waals surface area contributed by atoms with Crippen LogP contribution in [0.15, 0.2) is 30.3 Å². The molecule has 0 fully saturated rings. The summed E-state index contributed by atoms with van der Waals surface area (Å²) in [5.41, 5.74) is 2.57. The van der Waals surface area contributed by atoms with E-state index in [4.69, 9.17) is 0 Å². The van der Waals surface area contributed by atoms with Gasteiger partial charge < -0.3 is 4.74 Å². The van der Waals surface area contributed by atoms with Crippen molar-refractivity contribution in [2.24, 2.45) is 0 Å². The first-order valence-electron chi connectivity index (χ1n) is 5.13. The van der Waals surface area contributed by atoms with Gasteiger partial charge in [0.15, 0.2) is 5.78 Å². The fraction of sp³-hybridized carbons (Fsp3) is 0.231. The largest absolute Gasteiger partial charge is 0.465 e. The highest BCUT2D eigenvalue weighted by molar-refractivity contribution is 6.01. The summed E-state index contributed by atoms with van der Waals surface area (Å²) >= 11 is 0. The fourth-order valence-electron chi connectivity index (χ4n) is 1.76. The lowest BCUT2D eigenvalue weighted by molar-refractivity contribution is -0.114. The molecule has 0 unspecified atom stereocenters. The number of ether oxygens (including phenoxy) is 1. The smallest absolute Gasteiger partial charge is 0.337 e. The second kappa shape index (κ2) is 4.31. The molecule has 0 bridgehead atoms. The number of allylic oxidation sites excluding steroid dienone is 2. The van der Waals surface area contributed by atoms with E-state index in [1.54, 1.807) is 18.2 Å². The lowest BCUT2D eigenvalue weighted by Gasteiger charge is -2.03. The van der Waals surface area contributed by atoms with Crippen molar-refractivity contribution in [2.45, 2.75) is 12.8 Å². The maximum Gasteiger partial charge on any atom is 0.337 e. The van der Waals surface area contributed by atoms with Crippen LogP contribution < -0.4 is 0 Å². The number of esters is 1. The van der Waals surface area contributed by atoms with Crippen LogP contribution in [0.5, 0.6) is 0 Å². The van der Waals surface area contributed by atoms with Gasteiger partial charge in [-0.15, -0.1) is 0 Å². The number of benzene rings is 1. The summed E-state index contributed by atoms with van der Waals surface area (Å²) in [4.78, 5) is 22.3. The molecular formula is C13H12O3. The Kier molecular flexibility index (Phi) is 2.86. The molecule has 0 heterocycles. The van der Waals surface area contributed by atoms with Gasteiger partial charge >= 0.3 is 5.97 Å². The SMILES string of the molecule is COC(=O)c1ccc(C2=CC(=O)CC2)cc1. The molecule has 3 heteroatoms. The van der Waals surface area contributed by atoms with Gasteiger partial charge in [0.1, 0.15) is 0 Å². The monoisotopic (exact) mass is 216 g/mol. The molecule has 0 radical (unpaired) electrons. The Morgan fingerprint density at radius 2 is 1.88 bits per heavy atom. The Morgan fingerprint density at radius 1 is 1.19 bits per heavy atom. The Labute approximate surface area is 93.7 Å². The zero-order valence-electron chi connectivity index (χ0n) is 9.03. The minimum Gasteiger partial charge on any atom is -0.465 e. The Hall–Kier alpha value is -1.90. The van der Waals surface area contributed by atoms with Crippen LogP contribution in [0.3, 0.4) is 0 Å². The minimum atomic E-state index is -0.344. The van der Waals surface area contributed by atoms with Gasteiger partial charge in [0.25, 0.3) is 0 Å². The molecule has 0 saturated carbocycles. The summed E-state index contributed by atoms with van der Waals surface area (Å²) in [6.45, 7) is 0. The molecule has 0 spiro atoms. The average molecular weight is 216 g/mol. The van der Waals surface area contributed by atoms with Crippen LogP contribution in [0.1, 0.15) is 28.8 Å². The van der Waals surface area contributed by atoms with Crippen molar-refractivity contribution in [3.05, 3.63) is 41.5 Å². The van der Waals surface area contributed by atoms with Crippen LogP contribution in [-0.4, -0.2) is 18.9 Å². The second-order valence-corrected chi connectivity index (χ2v) is 3.70. The molecule has 0 atom stereocenters. The maximum atomic E-state index is 11.2. The Balaban J connectivity index is 2.23. The van der Waals surface area contributed by atoms with Crippen LogP contribution in [-0.2, 0) is 9.53 Å². The summed E-state index contributed by atoms with van der Waals surface area (Å²) in [6.07, 6.45) is 3.05. The predicted molar refractivity (Wildman–Crippen MR) is 60.0 cm³/mol. The first-order chi connectivity index (χ1) is 7.70. The van der Waals surface area contributed by atoms with E-state index in [1.807, 2.05) is 12.1 Å². The number of hydrogen-bond donors (Lipinski definition) is 0. The van der Waals surface area contributed by atoms with Gasteiger partial charge in [0.2, 0.25) is 0 Å². The van der Waals surface area contributed by atoms with E-state index in [9.17, 15) is 9.59 Å². The van der Waals surface area contributed by atoms with Gasteiger partial charge in [-0.2, -0.15) is 0 Å². The Morgan fingerprint density at radius 3 is 2.38 bits per heavy atom. The molecular weight excluding hydrogens is 204 g/mol. The van der Waals surface area contributed by atoms with E-state index in [0.717, 1.165) is 17.6 Å². The highest BCUT2D eigenvalue weighted by Crippen LogP contribution is 2.25. The second-order valence-electron chi connectivity index (χ2n) is 3.70. The van der Waals surface area contributed by atoms with E-state index in [0.29, 0.717) is 12.0 Å². The van der Waals surface area contributed by atoms with Crippen LogP contribution in [0.25, 0.3) is 5.57 Å². The predicted octanol–water partition coefficient (Wildman–Crippen LogP) is 2.22. The van der Waals surface area contributed by atoms with Crippen molar-refractivity contribution in [1.29, 1.82) is 0 Å². The van der Waals surface area contributed by atoms with Crippen LogP contribution in [0, 0.1) is 0 Å². The van der Waals surface area contributed by atoms with E-state index in [1.165, 1.54) is 7.11 Å². The van der Waals surface area contributed by atoms with Gasteiger partial charge in [-0.1, -0.05) is 12.1 Å². The molecule has 1 aromatic carbocycles. The molecule has 0 amide bonds. The van der Waals surface area contributed by atoms with Crippen LogP contribution >= 0.6 is 0 Å². The van der Waals surface area contributed by atoms with Crippen LogP contribution in [0.2, 0.25) is 0 Å². The molecule has 1 aromatic rings. The lowest BCUT2D eigenvalue weighted by atomic mass is 10.0. The highest BCUT2D eigenvalue weighted by Gasteiger charge is 2.13. The van der Waals surface area contributed by atoms with Gasteiger partial charge in [-0.3, -0.25) is 4.79 Å². The number of carbonyl (C=O) groups excluding carboxylic acids is 2. The molecule has 1 aliphatic carbocycles. The topological polar surface area (TPSA) is 43.4 Å². The number of ketones is 1. The lowest BCUT2D eigenvalue weighted by Crippen LogP contribution is -2.00. The highest BCUT2D eigenvalue weighted by atomic mass is 16.5. The number of rotatable bonds is 2. The molecule has 0 aromatic heterocycles. The third kappa shape index (κ3) is 2.03. The van der Waals surface area contributed by atoms with Crippen molar-refractivity contribution in [3.63, 3.8) is 0 Å². The molecule has 2 rings (SSSR count). The molecule has 0 saturated heterocycles. The molecule has 0 N–H and O–H groups in total. The van der Waals surface area contributed by atoms with Crippen LogP contribution in [0.4, 0.5) is 0 Å². The third-order valence-electron chi connectivity index (χ3n) is 2.65. The van der Waals surface area contributed by atoms with Gasteiger partial charge in [0, 0.05) is 6.42 Å². The first kappa shape index (κ1) is 10.6. The summed E-state index contributed by atoms with van der Waals surface area (Å²) in [6, 6.07) is 7.11. The molecule has 82 valence electrons. The quantitative estimate of drug-likeness (QED) is 0.712. The van der Waals surface area contributed by atoms with Crippen molar-refractivity contribution >= 4 is 17.3 Å². The minimum absolute atomic E-state index is 0.173. The summed E-state index contributed by atoms with van der Waals surface area (Å²) in [5.74, 6) is -0.171. The summed E-state index contributed by atoms with van der Waals surface area (Å²) < 4.78 is 4.61. The van der Waals surface area contributed by atoms with E-state index < -0.39 is 0 Å². The zero-order chi connectivity index (χ0) is 11.5. The van der Waals surface area contributed by atoms with E-state index >= 15 is 0 Å². The third-order valence-corrected chi connectivity index (χ3v) is 2.65. The average Bonchev–Trinajstić information content (AvgIpc) is 2.75. The first-order valence-corrected chi connectivity index (χ1v) is 5.13. The molecule has 0 aliphatic heterocycles. The molecule has 3 nitrogen and oxygen atoms in total. The number of methoxy groups -OCH3 is 1. The van der Waals surface area contributed by atoms with E-state index in [-0.39, 0.29) is 11.8 Å². The standard InChI is InChI=1S/C13H12O3/c1-16-13(15)10-4-2-9(3-5-10)11-6-7-12(14)8-11/h2-5,8H,6-7H2,1H3. The van der Waals surface area contributed by atoms with Gasteiger partial charge in [-0.05, 0) is 35.8 Å². The van der Waals surface area contributed by atoms with Crippen molar-refractivity contribution in [3.8, 4) is 0 Å². The van der Waals surface area contributed by atoms with Crippen molar-refractivity contribution in [2.75, 3.05) is 7.11 Å². The Bertz CT molecular complexity index is 455. The zero-order valence-corrected chi connectivity index (χ0v) is 9.03. The number of hydrogen-bond acceptors (Lipinski definition) is 3. The molecule has 16 heavy (non-hydrogen) atoms. The van der Waals surface area contributed by atoms with E-state index in [2.05, 4.69) is 4.74 Å². The number of carbonyl (C=O) groups is 2. The van der Waals surface area contributed by atoms with Gasteiger partial charge in [0.05, 0.1) is 12.7 Å². The summed E-state index contributed by atoms with van der Waals surface area (Å²) in [5, 5.41) is 0. The molecule has 1 aliphatic rings.